The highest BCUT2D eigenvalue weighted by molar-refractivity contribution is 6.10. The maximum Gasteiger partial charge on any atom is 0.269 e. The molecule has 0 aliphatic carbocycles. The van der Waals surface area contributed by atoms with Crippen LogP contribution in [0.5, 0.6) is 11.5 Å². The number of nitro groups is 1. The number of pyridine rings is 2. The molecule has 37 heavy (non-hydrogen) atoms. The molecule has 4 rings (SSSR count). The van der Waals surface area contributed by atoms with Gasteiger partial charge < -0.3 is 20.1 Å². The van der Waals surface area contributed by atoms with E-state index in [0.29, 0.717) is 39.9 Å². The molecule has 0 amide bonds. The zero-order valence-corrected chi connectivity index (χ0v) is 20.0. The van der Waals surface area contributed by atoms with Crippen LogP contribution < -0.4 is 20.1 Å². The van der Waals surface area contributed by atoms with Crippen molar-refractivity contribution < 1.29 is 19.2 Å². The Hall–Kier alpha value is -5.25. The number of aromatic nitrogens is 2. The molecule has 4 aromatic rings. The van der Waals surface area contributed by atoms with Crippen molar-refractivity contribution in [1.29, 1.82) is 0 Å². The normalized spacial score (nSPS) is 10.6. The van der Waals surface area contributed by atoms with Gasteiger partial charge in [-0.25, -0.2) is 9.97 Å². The Morgan fingerprint density at radius 3 is 2.22 bits per heavy atom. The van der Waals surface area contributed by atoms with Gasteiger partial charge in [-0.3, -0.25) is 14.9 Å². The van der Waals surface area contributed by atoms with E-state index in [4.69, 9.17) is 9.47 Å². The summed E-state index contributed by atoms with van der Waals surface area (Å²) in [6.07, 6.45) is 6.31. The SMILES string of the molecule is COc1ccc(Nc2ncccc2/C=C/C(=O)c2cccnc2Nc2ccc([N+](=O)[O-])cc2)cc1OC. The van der Waals surface area contributed by atoms with Crippen LogP contribution in [-0.2, 0) is 0 Å². The molecule has 0 atom stereocenters. The Morgan fingerprint density at radius 1 is 0.865 bits per heavy atom. The molecule has 2 aromatic heterocycles. The van der Waals surface area contributed by atoms with Gasteiger partial charge in [0.25, 0.3) is 5.69 Å². The lowest BCUT2D eigenvalue weighted by atomic mass is 10.1. The number of carbonyl (C=O) groups is 1. The molecular weight excluding hydrogens is 474 g/mol. The van der Waals surface area contributed by atoms with Gasteiger partial charge >= 0.3 is 0 Å². The Morgan fingerprint density at radius 2 is 1.51 bits per heavy atom. The lowest BCUT2D eigenvalue weighted by Crippen LogP contribution is -2.04. The topological polar surface area (TPSA) is 129 Å². The first-order chi connectivity index (χ1) is 18.0. The summed E-state index contributed by atoms with van der Waals surface area (Å²) in [6, 6.07) is 18.2. The number of carbonyl (C=O) groups excluding carboxylic acids is 1. The number of benzene rings is 2. The molecule has 0 fully saturated rings. The van der Waals surface area contributed by atoms with E-state index in [1.807, 2.05) is 12.1 Å². The van der Waals surface area contributed by atoms with Crippen molar-refractivity contribution in [3.63, 3.8) is 0 Å². The van der Waals surface area contributed by atoms with Crippen molar-refractivity contribution in [2.75, 3.05) is 24.9 Å². The third-order valence-electron chi connectivity index (χ3n) is 5.31. The molecular formula is C27H23N5O5. The summed E-state index contributed by atoms with van der Waals surface area (Å²) in [5, 5.41) is 17.2. The number of ether oxygens (including phenoxy) is 2. The quantitative estimate of drug-likeness (QED) is 0.121. The molecule has 0 saturated carbocycles. The maximum absolute atomic E-state index is 13.1. The van der Waals surface area contributed by atoms with Gasteiger partial charge in [0.05, 0.1) is 24.7 Å². The van der Waals surface area contributed by atoms with Gasteiger partial charge in [-0.15, -0.1) is 0 Å². The van der Waals surface area contributed by atoms with E-state index in [1.54, 1.807) is 75.2 Å². The summed E-state index contributed by atoms with van der Waals surface area (Å²) in [4.78, 5) is 32.1. The number of anilines is 4. The number of nitrogens with zero attached hydrogens (tertiary/aromatic N) is 3. The van der Waals surface area contributed by atoms with Crippen molar-refractivity contribution >= 4 is 40.6 Å². The van der Waals surface area contributed by atoms with E-state index in [9.17, 15) is 14.9 Å². The van der Waals surface area contributed by atoms with Gasteiger partial charge in [-0.1, -0.05) is 0 Å². The number of rotatable bonds is 10. The zero-order valence-electron chi connectivity index (χ0n) is 20.0. The van der Waals surface area contributed by atoms with E-state index in [-0.39, 0.29) is 11.5 Å². The molecule has 10 heteroatoms. The smallest absolute Gasteiger partial charge is 0.269 e. The second-order valence-electron chi connectivity index (χ2n) is 7.66. The molecule has 0 spiro atoms. The van der Waals surface area contributed by atoms with Gasteiger partial charge in [0, 0.05) is 47.5 Å². The third-order valence-corrected chi connectivity index (χ3v) is 5.31. The first-order valence-electron chi connectivity index (χ1n) is 11.1. The average Bonchev–Trinajstić information content (AvgIpc) is 2.93. The fourth-order valence-corrected chi connectivity index (χ4v) is 3.47. The molecule has 2 heterocycles. The minimum absolute atomic E-state index is 0.0280. The second-order valence-corrected chi connectivity index (χ2v) is 7.66. The minimum atomic E-state index is -0.475. The first kappa shape index (κ1) is 24.9. The molecule has 0 aliphatic heterocycles. The highest BCUT2D eigenvalue weighted by Gasteiger charge is 2.12. The summed E-state index contributed by atoms with van der Waals surface area (Å²) in [5.74, 6) is 1.78. The minimum Gasteiger partial charge on any atom is -0.493 e. The van der Waals surface area contributed by atoms with Gasteiger partial charge in [-0.05, 0) is 60.7 Å². The van der Waals surface area contributed by atoms with E-state index in [0.717, 1.165) is 5.69 Å². The number of allylic oxidation sites excluding steroid dienone is 1. The van der Waals surface area contributed by atoms with Crippen LogP contribution in [0.3, 0.4) is 0 Å². The molecule has 0 saturated heterocycles. The van der Waals surface area contributed by atoms with Crippen molar-refractivity contribution in [2.45, 2.75) is 0 Å². The number of nitro benzene ring substituents is 1. The third kappa shape index (κ3) is 6.06. The molecule has 0 bridgehead atoms. The standard InChI is InChI=1S/C27H23N5O5/c1-36-24-14-10-20(17-25(24)37-2)31-26-18(5-3-15-28-26)7-13-23(33)22-6-4-16-29-27(22)30-19-8-11-21(12-9-19)32(34)35/h3-17H,1-2H3,(H,28,31)(H,29,30)/b13-7+. The summed E-state index contributed by atoms with van der Waals surface area (Å²) in [7, 11) is 3.13. The van der Waals surface area contributed by atoms with Crippen LogP contribution in [0.2, 0.25) is 0 Å². The van der Waals surface area contributed by atoms with Gasteiger partial charge in [0.2, 0.25) is 0 Å². The predicted molar refractivity (Wildman–Crippen MR) is 141 cm³/mol. The predicted octanol–water partition coefficient (Wildman–Crippen LogP) is 5.79. The summed E-state index contributed by atoms with van der Waals surface area (Å²) < 4.78 is 10.6. The van der Waals surface area contributed by atoms with Crippen LogP contribution >= 0.6 is 0 Å². The fraction of sp³-hybridized carbons (Fsp3) is 0.0741. The van der Waals surface area contributed by atoms with Crippen LogP contribution in [0.4, 0.5) is 28.7 Å². The molecule has 2 aromatic carbocycles. The summed E-state index contributed by atoms with van der Waals surface area (Å²) in [5.41, 5.74) is 2.31. The van der Waals surface area contributed by atoms with Crippen molar-refractivity contribution in [1.82, 2.24) is 9.97 Å². The highest BCUT2D eigenvalue weighted by atomic mass is 16.6. The summed E-state index contributed by atoms with van der Waals surface area (Å²) >= 11 is 0. The Balaban J connectivity index is 1.53. The first-order valence-corrected chi connectivity index (χ1v) is 11.1. The number of ketones is 1. The van der Waals surface area contributed by atoms with Crippen molar-refractivity contribution in [3.8, 4) is 11.5 Å². The summed E-state index contributed by atoms with van der Waals surface area (Å²) in [6.45, 7) is 0. The lowest BCUT2D eigenvalue weighted by molar-refractivity contribution is -0.384. The number of nitrogens with one attached hydrogen (secondary N) is 2. The zero-order chi connectivity index (χ0) is 26.2. The highest BCUT2D eigenvalue weighted by Crippen LogP contribution is 2.31. The van der Waals surface area contributed by atoms with Crippen LogP contribution in [-0.4, -0.2) is 34.9 Å². The number of methoxy groups -OCH3 is 2. The molecule has 0 radical (unpaired) electrons. The van der Waals surface area contributed by atoms with E-state index in [1.165, 1.54) is 18.2 Å². The van der Waals surface area contributed by atoms with E-state index >= 15 is 0 Å². The lowest BCUT2D eigenvalue weighted by Gasteiger charge is -2.12. The fourth-order valence-electron chi connectivity index (χ4n) is 3.47. The van der Waals surface area contributed by atoms with Crippen molar-refractivity contribution in [2.24, 2.45) is 0 Å². The van der Waals surface area contributed by atoms with Gasteiger partial charge in [0.1, 0.15) is 11.6 Å². The number of hydrogen-bond acceptors (Lipinski definition) is 9. The van der Waals surface area contributed by atoms with Crippen LogP contribution in [0.25, 0.3) is 6.08 Å². The molecule has 0 aliphatic rings. The number of non-ortho nitro benzene ring substituents is 1. The van der Waals surface area contributed by atoms with Crippen molar-refractivity contribution in [3.05, 3.63) is 106 Å². The number of hydrogen-bond donors (Lipinski definition) is 2. The Kier molecular flexibility index (Phi) is 7.69. The van der Waals surface area contributed by atoms with Crippen LogP contribution in [0.1, 0.15) is 15.9 Å². The van der Waals surface area contributed by atoms with Gasteiger partial charge in [-0.2, -0.15) is 0 Å². The van der Waals surface area contributed by atoms with E-state index in [2.05, 4.69) is 20.6 Å². The Labute approximate surface area is 212 Å². The average molecular weight is 498 g/mol. The Bertz CT molecular complexity index is 1450. The van der Waals surface area contributed by atoms with Crippen LogP contribution in [0.15, 0.2) is 85.2 Å². The maximum atomic E-state index is 13.1. The largest absolute Gasteiger partial charge is 0.493 e. The van der Waals surface area contributed by atoms with E-state index < -0.39 is 4.92 Å². The monoisotopic (exact) mass is 497 g/mol. The second kappa shape index (κ2) is 11.5. The van der Waals surface area contributed by atoms with Gasteiger partial charge in [0.15, 0.2) is 17.3 Å². The molecule has 2 N–H and O–H groups in total. The van der Waals surface area contributed by atoms with Crippen LogP contribution in [0, 0.1) is 10.1 Å². The molecule has 10 nitrogen and oxygen atoms in total. The molecule has 186 valence electrons. The molecule has 0 unspecified atom stereocenters.